The van der Waals surface area contributed by atoms with Crippen LogP contribution in [-0.2, 0) is 28.7 Å². The molecule has 4 N–H and O–H groups in total. The van der Waals surface area contributed by atoms with Gasteiger partial charge in [-0.3, -0.25) is 19.4 Å². The molecule has 7 heterocycles. The Bertz CT molecular complexity index is 1310. The minimum absolute atomic E-state index is 0.202. The van der Waals surface area contributed by atoms with E-state index in [1.165, 1.54) is 10.8 Å². The van der Waals surface area contributed by atoms with Crippen LogP contribution in [0.4, 0.5) is 0 Å². The number of hydrogen-bond acceptors (Lipinski definition) is 12. The van der Waals surface area contributed by atoms with Crippen molar-refractivity contribution in [3.63, 3.8) is 0 Å². The second-order valence-electron chi connectivity index (χ2n) is 12.5. The molecular weight excluding hydrogens is 538 g/mol. The fourth-order valence-electron chi connectivity index (χ4n) is 7.62. The first-order valence-electron chi connectivity index (χ1n) is 14.6. The van der Waals surface area contributed by atoms with Gasteiger partial charge in [-0.15, -0.1) is 5.53 Å². The number of H-pyrrole nitrogens is 1. The van der Waals surface area contributed by atoms with E-state index in [1.54, 1.807) is 6.92 Å². The number of aliphatic hydroxyl groups is 1. The maximum Gasteiger partial charge on any atom is 0.330 e. The van der Waals surface area contributed by atoms with Gasteiger partial charge >= 0.3 is 5.69 Å². The van der Waals surface area contributed by atoms with Crippen LogP contribution >= 0.6 is 0 Å². The SMILES string of the molecule is Cc1cn(C2C[C@@H](N3C=C(CO[C@@H]4C[C@@H]5CC[C@@H](C)[C@@H]6CCC7(C)OO[C@@]56C(O4)O7)NN3)[C@H](CO)O2)c(=O)[nH]c1=O. The van der Waals surface area contributed by atoms with Crippen LogP contribution in [0.3, 0.4) is 0 Å². The summed E-state index contributed by atoms with van der Waals surface area (Å²) >= 11 is 0. The normalized spacial score (nSPS) is 43.4. The number of fused-ring (bicyclic) bond motifs is 2. The third-order valence-corrected chi connectivity index (χ3v) is 9.89. The van der Waals surface area contributed by atoms with E-state index in [2.05, 4.69) is 22.9 Å². The number of aryl methyl sites for hydroxylation is 1. The van der Waals surface area contributed by atoms with E-state index >= 15 is 0 Å². The van der Waals surface area contributed by atoms with Gasteiger partial charge in [-0.1, -0.05) is 6.92 Å². The Morgan fingerprint density at radius 2 is 2.02 bits per heavy atom. The lowest BCUT2D eigenvalue weighted by Gasteiger charge is -2.58. The first kappa shape index (κ1) is 27.5. The van der Waals surface area contributed by atoms with E-state index in [0.29, 0.717) is 30.2 Å². The Morgan fingerprint density at radius 1 is 1.17 bits per heavy atom. The van der Waals surface area contributed by atoms with Gasteiger partial charge in [0.15, 0.2) is 18.2 Å². The van der Waals surface area contributed by atoms with Crippen molar-refractivity contribution in [2.24, 2.45) is 17.8 Å². The van der Waals surface area contributed by atoms with Gasteiger partial charge in [-0.2, -0.15) is 0 Å². The number of ether oxygens (including phenoxy) is 4. The zero-order valence-electron chi connectivity index (χ0n) is 23.5. The summed E-state index contributed by atoms with van der Waals surface area (Å²) in [5, 5.41) is 11.8. The fraction of sp³-hybridized carbons (Fsp3) is 0.778. The van der Waals surface area contributed by atoms with Crippen LogP contribution in [0.15, 0.2) is 27.7 Å². The Kier molecular flexibility index (Phi) is 6.82. The third kappa shape index (κ3) is 4.56. The second kappa shape index (κ2) is 10.2. The smallest absolute Gasteiger partial charge is 0.330 e. The van der Waals surface area contributed by atoms with Crippen molar-refractivity contribution in [1.29, 1.82) is 0 Å². The van der Waals surface area contributed by atoms with Crippen molar-refractivity contribution < 1.29 is 33.8 Å². The van der Waals surface area contributed by atoms with E-state index < -0.39 is 47.5 Å². The minimum atomic E-state index is -0.831. The third-order valence-electron chi connectivity index (χ3n) is 9.89. The molecule has 1 spiro atoms. The molecule has 0 amide bonds. The summed E-state index contributed by atoms with van der Waals surface area (Å²) < 4.78 is 26.4. The molecule has 1 saturated carbocycles. The molecule has 2 bridgehead atoms. The predicted octanol–water partition coefficient (Wildman–Crippen LogP) is 0.638. The number of nitrogens with one attached hydrogen (secondary N) is 3. The molecule has 14 nitrogen and oxygen atoms in total. The monoisotopic (exact) mass is 577 g/mol. The van der Waals surface area contributed by atoms with E-state index in [0.717, 1.165) is 31.4 Å². The highest BCUT2D eigenvalue weighted by atomic mass is 17.3. The van der Waals surface area contributed by atoms with Crippen molar-refractivity contribution in [2.45, 2.75) is 102 Å². The largest absolute Gasteiger partial charge is 0.394 e. The van der Waals surface area contributed by atoms with Gasteiger partial charge < -0.3 is 29.5 Å². The van der Waals surface area contributed by atoms with Crippen LogP contribution in [0, 0.1) is 24.7 Å². The average molecular weight is 578 g/mol. The van der Waals surface area contributed by atoms with Crippen molar-refractivity contribution in [3.05, 3.63) is 44.5 Å². The number of aromatic amines is 1. The molecule has 5 saturated heterocycles. The van der Waals surface area contributed by atoms with E-state index in [9.17, 15) is 14.7 Å². The molecule has 1 aromatic rings. The Balaban J connectivity index is 1.01. The zero-order chi connectivity index (χ0) is 28.5. The maximum absolute atomic E-state index is 12.4. The van der Waals surface area contributed by atoms with Crippen LogP contribution < -0.4 is 22.2 Å². The molecule has 3 unspecified atom stereocenters. The van der Waals surface area contributed by atoms with E-state index in [1.807, 2.05) is 18.1 Å². The molecule has 41 heavy (non-hydrogen) atoms. The van der Waals surface area contributed by atoms with Crippen LogP contribution in [0.5, 0.6) is 0 Å². The van der Waals surface area contributed by atoms with Crippen LogP contribution in [0.2, 0.25) is 0 Å². The summed E-state index contributed by atoms with van der Waals surface area (Å²) in [6.45, 7) is 5.84. The number of rotatable bonds is 6. The highest BCUT2D eigenvalue weighted by Crippen LogP contribution is 2.59. The predicted molar refractivity (Wildman–Crippen MR) is 140 cm³/mol. The second-order valence-corrected chi connectivity index (χ2v) is 12.5. The molecule has 10 atom stereocenters. The molecule has 1 aromatic heterocycles. The van der Waals surface area contributed by atoms with Gasteiger partial charge in [0.1, 0.15) is 12.3 Å². The molecule has 0 aromatic carbocycles. The summed E-state index contributed by atoms with van der Waals surface area (Å²) in [6.07, 6.45) is 6.10. The summed E-state index contributed by atoms with van der Waals surface area (Å²) in [6, 6.07) is -0.283. The summed E-state index contributed by atoms with van der Waals surface area (Å²) in [5.41, 5.74) is 5.81. The number of aromatic nitrogens is 2. The summed E-state index contributed by atoms with van der Waals surface area (Å²) in [4.78, 5) is 38.5. The molecule has 14 heteroatoms. The highest BCUT2D eigenvalue weighted by Gasteiger charge is 2.68. The quantitative estimate of drug-likeness (QED) is 0.350. The van der Waals surface area contributed by atoms with Gasteiger partial charge in [0.2, 0.25) is 5.79 Å². The molecule has 226 valence electrons. The minimum Gasteiger partial charge on any atom is -0.394 e. The first-order valence-corrected chi connectivity index (χ1v) is 14.6. The molecule has 8 rings (SSSR count). The Morgan fingerprint density at radius 3 is 2.85 bits per heavy atom. The lowest BCUT2D eigenvalue weighted by atomic mass is 9.60. The molecule has 0 radical (unpaired) electrons. The lowest BCUT2D eigenvalue weighted by Crippen LogP contribution is -2.68. The number of nitrogens with zero attached hydrogens (tertiary/aromatic N) is 2. The van der Waals surface area contributed by atoms with Gasteiger partial charge in [0.25, 0.3) is 5.56 Å². The van der Waals surface area contributed by atoms with Gasteiger partial charge in [-0.25, -0.2) is 14.6 Å². The highest BCUT2D eigenvalue weighted by molar-refractivity contribution is 5.09. The summed E-state index contributed by atoms with van der Waals surface area (Å²) in [5.74, 6) is 0.179. The number of aliphatic hydroxyl groups excluding tert-OH is 1. The molecular formula is C27H39N5O9. The van der Waals surface area contributed by atoms with Crippen molar-refractivity contribution >= 4 is 0 Å². The van der Waals surface area contributed by atoms with Gasteiger partial charge in [0.05, 0.1) is 25.0 Å². The summed E-state index contributed by atoms with van der Waals surface area (Å²) in [7, 11) is 0. The standard InChI is InChI=1S/C27H39N5O9/c1-14-4-5-16-8-22(38-24-27(16)18(14)6-7-26(3,39-24)40-41-27)36-13-17-11-32(30-29-17)19-9-21(37-20(19)12-33)31-10-15(2)23(34)28-25(31)35/h10-11,14,16,18-22,24,29-30,33H,4-9,12-13H2,1-3H3,(H,28,34,35)/t14-,16+,18+,19-,20+,21?,22+,24?,26?,27+/m1/s1. The van der Waals surface area contributed by atoms with Crippen molar-refractivity contribution in [2.75, 3.05) is 13.2 Å². The zero-order valence-corrected chi connectivity index (χ0v) is 23.5. The number of hydrogen-bond donors (Lipinski definition) is 4. The fourth-order valence-corrected chi connectivity index (χ4v) is 7.62. The van der Waals surface area contributed by atoms with Crippen LogP contribution in [0.25, 0.3) is 0 Å². The van der Waals surface area contributed by atoms with Crippen LogP contribution in [-0.4, -0.2) is 69.0 Å². The van der Waals surface area contributed by atoms with E-state index in [4.69, 9.17) is 28.7 Å². The van der Waals surface area contributed by atoms with Crippen LogP contribution in [0.1, 0.15) is 64.2 Å². The molecule has 6 aliphatic heterocycles. The van der Waals surface area contributed by atoms with E-state index in [-0.39, 0.29) is 25.2 Å². The topological polar surface area (TPSA) is 158 Å². The Labute approximate surface area is 236 Å². The lowest BCUT2D eigenvalue weighted by molar-refractivity contribution is -0.573. The first-order chi connectivity index (χ1) is 19.7. The van der Waals surface area contributed by atoms with Gasteiger partial charge in [0, 0.05) is 43.1 Å². The average Bonchev–Trinajstić information content (AvgIpc) is 3.53. The van der Waals surface area contributed by atoms with Gasteiger partial charge in [-0.05, 0) is 44.9 Å². The maximum atomic E-state index is 12.4. The molecule has 1 aliphatic carbocycles. The van der Waals surface area contributed by atoms with Crippen molar-refractivity contribution in [3.8, 4) is 0 Å². The molecule has 6 fully saturated rings. The molecule has 7 aliphatic rings. The Hall–Kier alpha value is -2.30. The number of hydrazine groups is 2. The van der Waals surface area contributed by atoms with Crippen molar-refractivity contribution in [1.82, 2.24) is 25.5 Å².